The van der Waals surface area contributed by atoms with Gasteiger partial charge in [-0.2, -0.15) is 0 Å². The smallest absolute Gasteiger partial charge is 0.251 e. The molecule has 106 valence electrons. The molecule has 2 heterocycles. The second kappa shape index (κ2) is 5.16. The fourth-order valence-electron chi connectivity index (χ4n) is 2.03. The van der Waals surface area contributed by atoms with Gasteiger partial charge in [-0.05, 0) is 30.3 Å². The Morgan fingerprint density at radius 3 is 2.81 bits per heavy atom. The Labute approximate surface area is 120 Å². The largest absolute Gasteiger partial charge is 0.495 e. The fourth-order valence-corrected chi connectivity index (χ4v) is 2.03. The highest BCUT2D eigenvalue weighted by Crippen LogP contribution is 2.27. The Morgan fingerprint density at radius 1 is 1.29 bits per heavy atom. The molecule has 3 rings (SSSR count). The van der Waals surface area contributed by atoms with Crippen LogP contribution in [0.25, 0.3) is 22.8 Å². The Kier molecular flexibility index (Phi) is 3.19. The molecule has 0 aliphatic rings. The van der Waals surface area contributed by atoms with E-state index in [0.29, 0.717) is 28.7 Å². The van der Waals surface area contributed by atoms with Crippen LogP contribution >= 0.6 is 0 Å². The van der Waals surface area contributed by atoms with Crippen molar-refractivity contribution in [1.82, 2.24) is 9.97 Å². The molecule has 0 unspecified atom stereocenters. The summed E-state index contributed by atoms with van der Waals surface area (Å²) in [6, 6.07) is 10.1. The minimum absolute atomic E-state index is 0.263. The molecule has 0 spiro atoms. The van der Waals surface area contributed by atoms with E-state index >= 15 is 0 Å². The quantitative estimate of drug-likeness (QED) is 0.719. The highest BCUT2D eigenvalue weighted by atomic mass is 16.5. The molecule has 0 bridgehead atoms. The van der Waals surface area contributed by atoms with Gasteiger partial charge in [0.05, 0.1) is 24.8 Å². The predicted molar refractivity (Wildman–Crippen MR) is 79.0 cm³/mol. The number of hydrogen-bond acceptors (Lipinski definition) is 5. The predicted octanol–water partition coefficient (Wildman–Crippen LogP) is 2.29. The van der Waals surface area contributed by atoms with Crippen LogP contribution in [-0.2, 0) is 0 Å². The lowest BCUT2D eigenvalue weighted by Crippen LogP contribution is -2.08. The first-order valence-corrected chi connectivity index (χ1v) is 6.26. The van der Waals surface area contributed by atoms with E-state index in [1.807, 2.05) is 0 Å². The number of nitrogens with two attached hydrogens (primary N) is 1. The summed E-state index contributed by atoms with van der Waals surface area (Å²) in [4.78, 5) is 18.8. The molecule has 0 saturated carbocycles. The van der Waals surface area contributed by atoms with Crippen LogP contribution in [0.4, 0.5) is 5.69 Å². The van der Waals surface area contributed by atoms with Gasteiger partial charge >= 0.3 is 0 Å². The zero-order valence-electron chi connectivity index (χ0n) is 11.3. The molecule has 0 fully saturated rings. The minimum Gasteiger partial charge on any atom is -0.495 e. The van der Waals surface area contributed by atoms with Crippen LogP contribution in [-0.4, -0.2) is 17.1 Å². The monoisotopic (exact) mass is 283 g/mol. The number of ether oxygens (including phenoxy) is 1. The van der Waals surface area contributed by atoms with Gasteiger partial charge in [0.25, 0.3) is 5.56 Å². The first-order valence-electron chi connectivity index (χ1n) is 6.26. The van der Waals surface area contributed by atoms with Gasteiger partial charge in [-0.15, -0.1) is 0 Å². The maximum absolute atomic E-state index is 11.8. The highest BCUT2D eigenvalue weighted by Gasteiger charge is 2.09. The van der Waals surface area contributed by atoms with Crippen molar-refractivity contribution in [2.24, 2.45) is 0 Å². The summed E-state index contributed by atoms with van der Waals surface area (Å²) in [6.07, 6.45) is 1.52. The van der Waals surface area contributed by atoms with E-state index in [1.165, 1.54) is 12.3 Å². The summed E-state index contributed by atoms with van der Waals surface area (Å²) in [6.45, 7) is 0. The van der Waals surface area contributed by atoms with Crippen molar-refractivity contribution in [3.05, 3.63) is 53.0 Å². The Balaban J connectivity index is 2.11. The van der Waals surface area contributed by atoms with E-state index in [4.69, 9.17) is 14.9 Å². The van der Waals surface area contributed by atoms with Crippen molar-refractivity contribution in [3.63, 3.8) is 0 Å². The number of furan rings is 1. The van der Waals surface area contributed by atoms with Crippen LogP contribution in [0.2, 0.25) is 0 Å². The Bertz CT molecular complexity index is 822. The summed E-state index contributed by atoms with van der Waals surface area (Å²) >= 11 is 0. The van der Waals surface area contributed by atoms with Gasteiger partial charge in [0.2, 0.25) is 0 Å². The van der Waals surface area contributed by atoms with Crippen molar-refractivity contribution in [3.8, 4) is 28.6 Å². The average Bonchev–Trinajstić information content (AvgIpc) is 3.01. The molecule has 0 saturated heterocycles. The number of nitrogens with one attached hydrogen (secondary N) is 1. The average molecular weight is 283 g/mol. The second-order valence-corrected chi connectivity index (χ2v) is 4.41. The molecule has 1 aromatic carbocycles. The van der Waals surface area contributed by atoms with E-state index in [9.17, 15) is 4.79 Å². The lowest BCUT2D eigenvalue weighted by atomic mass is 10.1. The number of H-pyrrole nitrogens is 1. The maximum Gasteiger partial charge on any atom is 0.251 e. The number of aromatic amines is 1. The van der Waals surface area contributed by atoms with Crippen molar-refractivity contribution < 1.29 is 9.15 Å². The zero-order valence-corrected chi connectivity index (χ0v) is 11.3. The summed E-state index contributed by atoms with van der Waals surface area (Å²) in [7, 11) is 1.55. The third-order valence-corrected chi connectivity index (χ3v) is 3.02. The van der Waals surface area contributed by atoms with E-state index in [2.05, 4.69) is 9.97 Å². The minimum atomic E-state index is -0.263. The number of aromatic nitrogens is 2. The molecule has 6 nitrogen and oxygen atoms in total. The SMILES string of the molecule is COc1ccc(-c2cc(=O)[nH]c(-c3ccco3)n2)cc1N. The standard InChI is InChI=1S/C15H13N3O3/c1-20-12-5-4-9(7-10(12)16)11-8-14(19)18-15(17-11)13-3-2-6-21-13/h2-8H,16H2,1H3,(H,17,18,19). The molecule has 0 atom stereocenters. The van der Waals surface area contributed by atoms with E-state index in [-0.39, 0.29) is 5.56 Å². The molecule has 21 heavy (non-hydrogen) atoms. The molecule has 3 N–H and O–H groups in total. The summed E-state index contributed by atoms with van der Waals surface area (Å²) in [5, 5.41) is 0. The van der Waals surface area contributed by atoms with Gasteiger partial charge in [0, 0.05) is 11.6 Å². The van der Waals surface area contributed by atoms with Crippen LogP contribution in [0.1, 0.15) is 0 Å². The van der Waals surface area contributed by atoms with Crippen LogP contribution in [0.15, 0.2) is 51.9 Å². The van der Waals surface area contributed by atoms with Crippen LogP contribution in [0.5, 0.6) is 5.75 Å². The molecular formula is C15H13N3O3. The number of benzene rings is 1. The van der Waals surface area contributed by atoms with E-state index in [0.717, 1.165) is 5.56 Å². The molecular weight excluding hydrogens is 270 g/mol. The van der Waals surface area contributed by atoms with Gasteiger partial charge in [-0.1, -0.05) is 0 Å². The van der Waals surface area contributed by atoms with Crippen LogP contribution in [0.3, 0.4) is 0 Å². The van der Waals surface area contributed by atoms with E-state index < -0.39 is 0 Å². The Morgan fingerprint density at radius 2 is 2.14 bits per heavy atom. The van der Waals surface area contributed by atoms with Gasteiger partial charge in [0.15, 0.2) is 11.6 Å². The number of rotatable bonds is 3. The van der Waals surface area contributed by atoms with Gasteiger partial charge in [-0.25, -0.2) is 4.98 Å². The first kappa shape index (κ1) is 13.0. The molecule has 6 heteroatoms. The topological polar surface area (TPSA) is 94.1 Å². The van der Waals surface area contributed by atoms with Crippen LogP contribution in [0, 0.1) is 0 Å². The summed E-state index contributed by atoms with van der Waals surface area (Å²) < 4.78 is 10.4. The van der Waals surface area contributed by atoms with Gasteiger partial charge in [0.1, 0.15) is 5.75 Å². The van der Waals surface area contributed by atoms with Crippen molar-refractivity contribution in [1.29, 1.82) is 0 Å². The number of nitrogen functional groups attached to an aromatic ring is 1. The lowest BCUT2D eigenvalue weighted by Gasteiger charge is -2.07. The number of hydrogen-bond donors (Lipinski definition) is 2. The number of methoxy groups -OCH3 is 1. The third-order valence-electron chi connectivity index (χ3n) is 3.02. The molecule has 0 aliphatic heterocycles. The summed E-state index contributed by atoms with van der Waals surface area (Å²) in [5.74, 6) is 1.45. The molecule has 0 aliphatic carbocycles. The van der Waals surface area contributed by atoms with Gasteiger partial charge in [-0.3, -0.25) is 4.79 Å². The fraction of sp³-hybridized carbons (Fsp3) is 0.0667. The van der Waals surface area contributed by atoms with Crippen molar-refractivity contribution >= 4 is 5.69 Å². The normalized spacial score (nSPS) is 10.5. The zero-order chi connectivity index (χ0) is 14.8. The first-order chi connectivity index (χ1) is 10.2. The van der Waals surface area contributed by atoms with Crippen molar-refractivity contribution in [2.75, 3.05) is 12.8 Å². The molecule has 3 aromatic rings. The Hall–Kier alpha value is -3.02. The summed E-state index contributed by atoms with van der Waals surface area (Å²) in [5.41, 5.74) is 7.34. The number of nitrogens with zero attached hydrogens (tertiary/aromatic N) is 1. The van der Waals surface area contributed by atoms with Crippen LogP contribution < -0.4 is 16.0 Å². The third kappa shape index (κ3) is 2.51. The number of anilines is 1. The maximum atomic E-state index is 11.8. The highest BCUT2D eigenvalue weighted by molar-refractivity contribution is 5.69. The molecule has 2 aromatic heterocycles. The lowest BCUT2D eigenvalue weighted by molar-refractivity contribution is 0.417. The molecule has 0 amide bonds. The van der Waals surface area contributed by atoms with Crippen molar-refractivity contribution in [2.45, 2.75) is 0 Å². The second-order valence-electron chi connectivity index (χ2n) is 4.41. The molecule has 0 radical (unpaired) electrons. The van der Waals surface area contributed by atoms with E-state index in [1.54, 1.807) is 37.4 Å². The van der Waals surface area contributed by atoms with Gasteiger partial charge < -0.3 is 19.9 Å².